The molecule has 0 unspecified atom stereocenters. The maximum Gasteiger partial charge on any atom is 0.159 e. The monoisotopic (exact) mass is 257 g/mol. The van der Waals surface area contributed by atoms with Crippen LogP contribution in [0.15, 0.2) is 10.8 Å². The molecule has 0 aromatic carbocycles. The van der Waals surface area contributed by atoms with Crippen molar-refractivity contribution in [2.45, 2.75) is 12.8 Å². The number of hydrazine groups is 1. The third-order valence-corrected chi connectivity index (χ3v) is 2.93. The molecule has 6 heteroatoms. The zero-order valence-electron chi connectivity index (χ0n) is 7.63. The van der Waals surface area contributed by atoms with Crippen LogP contribution in [-0.4, -0.2) is 16.5 Å². The van der Waals surface area contributed by atoms with Crippen LogP contribution >= 0.6 is 15.9 Å². The maximum atomic E-state index is 5.29. The number of nitrogens with zero attached hydrogens (tertiary/aromatic N) is 2. The Bertz CT molecular complexity index is 326. The molecule has 0 saturated heterocycles. The summed E-state index contributed by atoms with van der Waals surface area (Å²) in [4.78, 5) is 8.09. The van der Waals surface area contributed by atoms with E-state index >= 15 is 0 Å². The minimum Gasteiger partial charge on any atom is -0.369 e. The van der Waals surface area contributed by atoms with Crippen LogP contribution in [0.2, 0.25) is 0 Å². The van der Waals surface area contributed by atoms with E-state index in [-0.39, 0.29) is 0 Å². The first-order chi connectivity index (χ1) is 6.81. The lowest BCUT2D eigenvalue weighted by molar-refractivity contribution is 0.879. The number of anilines is 2. The average molecular weight is 258 g/mol. The zero-order chi connectivity index (χ0) is 9.97. The summed E-state index contributed by atoms with van der Waals surface area (Å²) in [5.74, 6) is 7.49. The fourth-order valence-electron chi connectivity index (χ4n) is 1.16. The van der Waals surface area contributed by atoms with Gasteiger partial charge in [-0.25, -0.2) is 15.8 Å². The summed E-state index contributed by atoms with van der Waals surface area (Å²) >= 11 is 3.38. The second-order valence-corrected chi connectivity index (χ2v) is 4.15. The molecule has 0 amide bonds. The van der Waals surface area contributed by atoms with Crippen LogP contribution in [0, 0.1) is 5.92 Å². The first-order valence-electron chi connectivity index (χ1n) is 4.52. The number of nitrogen functional groups attached to an aromatic ring is 1. The number of nitrogens with one attached hydrogen (secondary N) is 2. The molecule has 1 aromatic heterocycles. The van der Waals surface area contributed by atoms with Gasteiger partial charge in [0.2, 0.25) is 0 Å². The Hall–Kier alpha value is -0.880. The van der Waals surface area contributed by atoms with Gasteiger partial charge >= 0.3 is 0 Å². The number of hydrogen-bond donors (Lipinski definition) is 3. The highest BCUT2D eigenvalue weighted by Crippen LogP contribution is 2.31. The Morgan fingerprint density at radius 3 is 2.79 bits per heavy atom. The Balaban J connectivity index is 2.06. The summed E-state index contributed by atoms with van der Waals surface area (Å²) in [5, 5.41) is 3.26. The highest BCUT2D eigenvalue weighted by Gasteiger charge is 2.21. The van der Waals surface area contributed by atoms with Crippen LogP contribution in [-0.2, 0) is 0 Å². The van der Waals surface area contributed by atoms with Crippen molar-refractivity contribution in [2.75, 3.05) is 17.3 Å². The minimum absolute atomic E-state index is 0.596. The van der Waals surface area contributed by atoms with E-state index in [0.717, 1.165) is 22.8 Å². The summed E-state index contributed by atoms with van der Waals surface area (Å²) < 4.78 is 0.781. The topological polar surface area (TPSA) is 75.9 Å². The van der Waals surface area contributed by atoms with Gasteiger partial charge in [0.1, 0.15) is 16.6 Å². The number of rotatable bonds is 4. The van der Waals surface area contributed by atoms with E-state index in [1.165, 1.54) is 19.2 Å². The van der Waals surface area contributed by atoms with E-state index < -0.39 is 0 Å². The van der Waals surface area contributed by atoms with Gasteiger partial charge in [0.15, 0.2) is 5.82 Å². The summed E-state index contributed by atoms with van der Waals surface area (Å²) in [6.45, 7) is 0.972. The molecule has 1 aliphatic rings. The van der Waals surface area contributed by atoms with Gasteiger partial charge in [-0.2, -0.15) is 0 Å². The lowest BCUT2D eigenvalue weighted by atomic mass is 10.4. The second-order valence-electron chi connectivity index (χ2n) is 3.35. The molecule has 4 N–H and O–H groups in total. The van der Waals surface area contributed by atoms with Crippen LogP contribution in [0.1, 0.15) is 12.8 Å². The van der Waals surface area contributed by atoms with Crippen molar-refractivity contribution >= 4 is 27.6 Å². The van der Waals surface area contributed by atoms with Gasteiger partial charge in [0.05, 0.1) is 0 Å². The van der Waals surface area contributed by atoms with E-state index in [2.05, 4.69) is 36.6 Å². The largest absolute Gasteiger partial charge is 0.369 e. The molecular weight excluding hydrogens is 246 g/mol. The van der Waals surface area contributed by atoms with Crippen molar-refractivity contribution in [3.63, 3.8) is 0 Å². The first kappa shape index (κ1) is 9.67. The van der Waals surface area contributed by atoms with Crippen LogP contribution in [0.3, 0.4) is 0 Å². The lowest BCUT2D eigenvalue weighted by Crippen LogP contribution is -2.12. The van der Waals surface area contributed by atoms with Crippen LogP contribution in [0.4, 0.5) is 11.6 Å². The summed E-state index contributed by atoms with van der Waals surface area (Å²) in [5.41, 5.74) is 2.50. The molecule has 0 atom stereocenters. The molecule has 1 aromatic rings. The van der Waals surface area contributed by atoms with Gasteiger partial charge in [-0.15, -0.1) is 0 Å². The summed E-state index contributed by atoms with van der Waals surface area (Å²) in [7, 11) is 0. The Morgan fingerprint density at radius 2 is 2.14 bits per heavy atom. The summed E-state index contributed by atoms with van der Waals surface area (Å²) in [6.07, 6.45) is 4.12. The van der Waals surface area contributed by atoms with Crippen LogP contribution < -0.4 is 16.6 Å². The molecule has 0 bridgehead atoms. The maximum absolute atomic E-state index is 5.29. The molecule has 5 nitrogen and oxygen atoms in total. The Morgan fingerprint density at radius 1 is 1.43 bits per heavy atom. The van der Waals surface area contributed by atoms with Gasteiger partial charge in [-0.05, 0) is 34.7 Å². The van der Waals surface area contributed by atoms with E-state index in [4.69, 9.17) is 5.84 Å². The molecule has 0 aliphatic heterocycles. The molecule has 1 fully saturated rings. The molecule has 1 aliphatic carbocycles. The van der Waals surface area contributed by atoms with Gasteiger partial charge in [0, 0.05) is 6.54 Å². The average Bonchev–Trinajstić information content (AvgIpc) is 3.00. The van der Waals surface area contributed by atoms with Crippen molar-refractivity contribution in [3.8, 4) is 0 Å². The molecule has 2 rings (SSSR count). The normalized spacial score (nSPS) is 15.3. The highest BCUT2D eigenvalue weighted by molar-refractivity contribution is 9.10. The Labute approximate surface area is 90.6 Å². The quantitative estimate of drug-likeness (QED) is 0.561. The predicted molar refractivity (Wildman–Crippen MR) is 58.8 cm³/mol. The molecule has 1 heterocycles. The smallest absolute Gasteiger partial charge is 0.159 e. The highest BCUT2D eigenvalue weighted by atomic mass is 79.9. The van der Waals surface area contributed by atoms with E-state index in [1.807, 2.05) is 0 Å². The minimum atomic E-state index is 0.596. The van der Waals surface area contributed by atoms with E-state index in [1.54, 1.807) is 0 Å². The number of halogens is 1. The fourth-order valence-corrected chi connectivity index (χ4v) is 1.62. The van der Waals surface area contributed by atoms with Gasteiger partial charge in [-0.1, -0.05) is 0 Å². The third-order valence-electron chi connectivity index (χ3n) is 2.18. The number of hydrogen-bond acceptors (Lipinski definition) is 5. The first-order valence-corrected chi connectivity index (χ1v) is 5.31. The van der Waals surface area contributed by atoms with E-state index in [9.17, 15) is 0 Å². The van der Waals surface area contributed by atoms with Crippen molar-refractivity contribution in [3.05, 3.63) is 10.8 Å². The van der Waals surface area contributed by atoms with Crippen molar-refractivity contribution < 1.29 is 0 Å². The van der Waals surface area contributed by atoms with Gasteiger partial charge in [-0.3, -0.25) is 0 Å². The molecule has 76 valence electrons. The van der Waals surface area contributed by atoms with Gasteiger partial charge < -0.3 is 10.7 Å². The van der Waals surface area contributed by atoms with Crippen LogP contribution in [0.5, 0.6) is 0 Å². The van der Waals surface area contributed by atoms with Crippen molar-refractivity contribution in [1.82, 2.24) is 9.97 Å². The zero-order valence-corrected chi connectivity index (χ0v) is 9.21. The van der Waals surface area contributed by atoms with E-state index in [0.29, 0.717) is 5.82 Å². The fraction of sp³-hybridized carbons (Fsp3) is 0.500. The van der Waals surface area contributed by atoms with Crippen molar-refractivity contribution in [1.29, 1.82) is 0 Å². The predicted octanol–water partition coefficient (Wildman–Crippen LogP) is 1.35. The molecular formula is C8H12BrN5. The second kappa shape index (κ2) is 4.10. The number of aromatic nitrogens is 2. The van der Waals surface area contributed by atoms with Gasteiger partial charge in [0.25, 0.3) is 0 Å². The molecule has 0 spiro atoms. The third kappa shape index (κ3) is 2.13. The SMILES string of the molecule is NNc1ncnc(NCC2CC2)c1Br. The Kier molecular flexibility index (Phi) is 2.83. The molecule has 0 radical (unpaired) electrons. The molecule has 14 heavy (non-hydrogen) atoms. The standard InChI is InChI=1S/C8H12BrN5/c9-6-7(11-3-5-1-2-5)12-4-13-8(6)14-10/h4-5H,1-3,10H2,(H2,11,12,13,14). The lowest BCUT2D eigenvalue weighted by Gasteiger charge is -2.08. The van der Waals surface area contributed by atoms with Crippen LogP contribution in [0.25, 0.3) is 0 Å². The number of nitrogens with two attached hydrogens (primary N) is 1. The molecule has 1 saturated carbocycles. The van der Waals surface area contributed by atoms with Crippen molar-refractivity contribution in [2.24, 2.45) is 11.8 Å². The summed E-state index contributed by atoms with van der Waals surface area (Å²) in [6, 6.07) is 0.